The van der Waals surface area contributed by atoms with E-state index in [4.69, 9.17) is 0 Å². The summed E-state index contributed by atoms with van der Waals surface area (Å²) in [6.45, 7) is 5.07. The van der Waals surface area contributed by atoms with E-state index in [1.54, 1.807) is 4.90 Å². The van der Waals surface area contributed by atoms with Gasteiger partial charge in [-0.25, -0.2) is 4.68 Å². The van der Waals surface area contributed by atoms with E-state index < -0.39 is 5.92 Å². The third-order valence-electron chi connectivity index (χ3n) is 5.55. The van der Waals surface area contributed by atoms with Gasteiger partial charge in [-0.2, -0.15) is 5.10 Å². The molecule has 0 aliphatic carbocycles. The Morgan fingerprint density at radius 3 is 2.58 bits per heavy atom. The highest BCUT2D eigenvalue weighted by atomic mass is 79.9. The molecule has 2 aromatic carbocycles. The quantitative estimate of drug-likeness (QED) is 0.542. The van der Waals surface area contributed by atoms with Crippen LogP contribution in [0.5, 0.6) is 0 Å². The molecule has 1 unspecified atom stereocenters. The summed E-state index contributed by atoms with van der Waals surface area (Å²) in [5, 5.41) is 7.43. The summed E-state index contributed by atoms with van der Waals surface area (Å²) in [6.07, 6.45) is 1.24. The average molecular weight is 481 g/mol. The van der Waals surface area contributed by atoms with E-state index >= 15 is 0 Å². The normalized spacial score (nSPS) is 16.0. The molecule has 1 aromatic heterocycles. The Morgan fingerprint density at radius 2 is 1.90 bits per heavy atom. The van der Waals surface area contributed by atoms with Gasteiger partial charge in [0.1, 0.15) is 5.92 Å². The fourth-order valence-electron chi connectivity index (χ4n) is 3.97. The lowest BCUT2D eigenvalue weighted by molar-refractivity contribution is -0.132. The average Bonchev–Trinajstić information content (AvgIpc) is 3.30. The highest BCUT2D eigenvalue weighted by Gasteiger charge is 2.37. The molecule has 0 saturated carbocycles. The summed E-state index contributed by atoms with van der Waals surface area (Å²) in [6, 6.07) is 17.8. The van der Waals surface area contributed by atoms with Crippen molar-refractivity contribution in [1.29, 1.82) is 0 Å². The summed E-state index contributed by atoms with van der Waals surface area (Å²) in [5.41, 5.74) is 5.04. The summed E-state index contributed by atoms with van der Waals surface area (Å²) in [4.78, 5) is 27.0. The van der Waals surface area contributed by atoms with E-state index in [0.717, 1.165) is 32.8 Å². The zero-order valence-corrected chi connectivity index (χ0v) is 19.2. The van der Waals surface area contributed by atoms with Crippen LogP contribution in [0, 0.1) is 19.8 Å². The second-order valence-corrected chi connectivity index (χ2v) is 8.77. The lowest BCUT2D eigenvalue weighted by Crippen LogP contribution is -2.37. The van der Waals surface area contributed by atoms with Gasteiger partial charge >= 0.3 is 0 Å². The lowest BCUT2D eigenvalue weighted by Gasteiger charge is -2.17. The Labute approximate surface area is 190 Å². The Bertz CT molecular complexity index is 1110. The van der Waals surface area contributed by atoms with E-state index in [9.17, 15) is 9.59 Å². The number of amides is 2. The number of carbonyl (C=O) groups is 2. The molecule has 2 amide bonds. The minimum absolute atomic E-state index is 0.134. The van der Waals surface area contributed by atoms with Crippen LogP contribution < -0.4 is 10.2 Å². The monoisotopic (exact) mass is 480 g/mol. The third-order valence-corrected chi connectivity index (χ3v) is 6.04. The molecule has 160 valence electrons. The third kappa shape index (κ3) is 4.71. The molecule has 1 aliphatic heterocycles. The number of anilines is 1. The van der Waals surface area contributed by atoms with Gasteiger partial charge in [-0.1, -0.05) is 34.1 Å². The van der Waals surface area contributed by atoms with Crippen molar-refractivity contribution in [2.24, 2.45) is 5.92 Å². The van der Waals surface area contributed by atoms with Crippen LogP contribution >= 0.6 is 15.9 Å². The number of hydrogen-bond acceptors (Lipinski definition) is 3. The maximum absolute atomic E-state index is 12.7. The SMILES string of the molecule is Cc1cc(C)n(-c2ccc(CCNC(=O)C3CCN(c4cccc(Br)c4)C3=O)cc2)n1. The van der Waals surface area contributed by atoms with Crippen LogP contribution in [0.25, 0.3) is 5.69 Å². The van der Waals surface area contributed by atoms with Crippen molar-refractivity contribution in [1.82, 2.24) is 15.1 Å². The van der Waals surface area contributed by atoms with E-state index in [2.05, 4.69) is 26.3 Å². The largest absolute Gasteiger partial charge is 0.355 e. The van der Waals surface area contributed by atoms with Crippen LogP contribution in [0.4, 0.5) is 5.69 Å². The number of aromatic nitrogens is 2. The van der Waals surface area contributed by atoms with E-state index in [-0.39, 0.29) is 11.8 Å². The number of carbonyl (C=O) groups excluding carboxylic acids is 2. The Hall–Kier alpha value is -2.93. The van der Waals surface area contributed by atoms with E-state index in [1.165, 1.54) is 0 Å². The summed E-state index contributed by atoms with van der Waals surface area (Å²) in [7, 11) is 0. The van der Waals surface area contributed by atoms with Crippen molar-refractivity contribution in [3.05, 3.63) is 76.0 Å². The summed E-state index contributed by atoms with van der Waals surface area (Å²) in [5.74, 6) is -0.945. The Kier molecular flexibility index (Phi) is 6.23. The number of aryl methyl sites for hydroxylation is 2. The minimum atomic E-state index is -0.618. The van der Waals surface area contributed by atoms with Crippen LogP contribution in [0.3, 0.4) is 0 Å². The first kappa shape index (κ1) is 21.3. The number of halogens is 1. The molecular weight excluding hydrogens is 456 g/mol. The van der Waals surface area contributed by atoms with Crippen molar-refractivity contribution in [3.8, 4) is 5.69 Å². The molecule has 2 heterocycles. The fourth-order valence-corrected chi connectivity index (χ4v) is 4.36. The second kappa shape index (κ2) is 9.06. The smallest absolute Gasteiger partial charge is 0.239 e. The van der Waals surface area contributed by atoms with Gasteiger partial charge in [0.05, 0.1) is 11.4 Å². The van der Waals surface area contributed by atoms with Crippen LogP contribution in [-0.2, 0) is 16.0 Å². The Balaban J connectivity index is 1.30. The molecule has 6 nitrogen and oxygen atoms in total. The van der Waals surface area contributed by atoms with Crippen LogP contribution in [0.2, 0.25) is 0 Å². The molecule has 0 bridgehead atoms. The minimum Gasteiger partial charge on any atom is -0.355 e. The standard InChI is InChI=1S/C24H25BrN4O2/c1-16-14-17(2)29(27-16)20-8-6-18(7-9-20)10-12-26-23(30)22-11-13-28(24(22)31)21-5-3-4-19(25)15-21/h3-9,14-15,22H,10-13H2,1-2H3,(H,26,30). The molecule has 7 heteroatoms. The predicted molar refractivity (Wildman–Crippen MR) is 124 cm³/mol. The van der Waals surface area contributed by atoms with Gasteiger partial charge in [0.2, 0.25) is 11.8 Å². The molecular formula is C24H25BrN4O2. The van der Waals surface area contributed by atoms with Crippen molar-refractivity contribution in [2.75, 3.05) is 18.0 Å². The number of rotatable bonds is 6. The maximum atomic E-state index is 12.7. The number of benzene rings is 2. The molecule has 1 saturated heterocycles. The van der Waals surface area contributed by atoms with Gasteiger partial charge < -0.3 is 10.2 Å². The zero-order chi connectivity index (χ0) is 22.0. The molecule has 1 aliphatic rings. The van der Waals surface area contributed by atoms with Crippen molar-refractivity contribution in [3.63, 3.8) is 0 Å². The fraction of sp³-hybridized carbons (Fsp3) is 0.292. The topological polar surface area (TPSA) is 67.2 Å². The van der Waals surface area contributed by atoms with Crippen LogP contribution in [0.1, 0.15) is 23.4 Å². The van der Waals surface area contributed by atoms with Gasteiger partial charge in [0.15, 0.2) is 0 Å². The van der Waals surface area contributed by atoms with Gasteiger partial charge in [0, 0.05) is 28.9 Å². The molecule has 1 N–H and O–H groups in total. The van der Waals surface area contributed by atoms with Crippen LogP contribution in [-0.4, -0.2) is 34.7 Å². The highest BCUT2D eigenvalue weighted by Crippen LogP contribution is 2.27. The molecule has 1 atom stereocenters. The van der Waals surface area contributed by atoms with Crippen molar-refractivity contribution < 1.29 is 9.59 Å². The Morgan fingerprint density at radius 1 is 1.13 bits per heavy atom. The zero-order valence-electron chi connectivity index (χ0n) is 17.6. The predicted octanol–water partition coefficient (Wildman–Crippen LogP) is 3.96. The lowest BCUT2D eigenvalue weighted by atomic mass is 10.1. The highest BCUT2D eigenvalue weighted by molar-refractivity contribution is 9.10. The van der Waals surface area contributed by atoms with Crippen LogP contribution in [0.15, 0.2) is 59.1 Å². The van der Waals surface area contributed by atoms with Gasteiger partial charge in [-0.05, 0) is 68.7 Å². The number of hydrogen-bond donors (Lipinski definition) is 1. The van der Waals surface area contributed by atoms with Gasteiger partial charge in [0.25, 0.3) is 0 Å². The van der Waals surface area contributed by atoms with Crippen molar-refractivity contribution >= 4 is 33.4 Å². The van der Waals surface area contributed by atoms with Crippen molar-refractivity contribution in [2.45, 2.75) is 26.7 Å². The first-order chi connectivity index (χ1) is 14.9. The first-order valence-corrected chi connectivity index (χ1v) is 11.2. The molecule has 0 radical (unpaired) electrons. The van der Waals surface area contributed by atoms with Gasteiger partial charge in [-0.3, -0.25) is 9.59 Å². The summed E-state index contributed by atoms with van der Waals surface area (Å²) >= 11 is 3.43. The first-order valence-electron chi connectivity index (χ1n) is 10.4. The molecule has 1 fully saturated rings. The summed E-state index contributed by atoms with van der Waals surface area (Å²) < 4.78 is 2.83. The van der Waals surface area contributed by atoms with E-state index in [1.807, 2.05) is 73.1 Å². The number of nitrogens with zero attached hydrogens (tertiary/aromatic N) is 3. The number of nitrogens with one attached hydrogen (secondary N) is 1. The molecule has 31 heavy (non-hydrogen) atoms. The molecule has 0 spiro atoms. The molecule has 3 aromatic rings. The van der Waals surface area contributed by atoms with Gasteiger partial charge in [-0.15, -0.1) is 0 Å². The maximum Gasteiger partial charge on any atom is 0.239 e. The second-order valence-electron chi connectivity index (χ2n) is 7.86. The van der Waals surface area contributed by atoms with E-state index in [0.29, 0.717) is 25.9 Å². The molecule has 4 rings (SSSR count).